The highest BCUT2D eigenvalue weighted by molar-refractivity contribution is 5.81. The summed E-state index contributed by atoms with van der Waals surface area (Å²) in [4.78, 5) is 13.9. The Balaban J connectivity index is 2.54. The molecule has 0 radical (unpaired) electrons. The lowest BCUT2D eigenvalue weighted by Gasteiger charge is -2.03. The minimum absolute atomic E-state index is 0.0818. The van der Waals surface area contributed by atoms with Gasteiger partial charge in [-0.2, -0.15) is 0 Å². The molecule has 0 bridgehead atoms. The van der Waals surface area contributed by atoms with Gasteiger partial charge in [0, 0.05) is 0 Å². The van der Waals surface area contributed by atoms with E-state index in [2.05, 4.69) is 4.98 Å². The van der Waals surface area contributed by atoms with Gasteiger partial charge in [-0.3, -0.25) is 0 Å². The van der Waals surface area contributed by atoms with Gasteiger partial charge in [0.1, 0.15) is 6.61 Å². The van der Waals surface area contributed by atoms with Crippen molar-refractivity contribution in [3.63, 3.8) is 0 Å². The molecule has 0 spiro atoms. The number of carboxylic acid groups (broad SMARTS) is 1. The summed E-state index contributed by atoms with van der Waals surface area (Å²) >= 11 is 0. The lowest BCUT2D eigenvalue weighted by molar-refractivity contribution is 0.0511. The maximum atomic E-state index is 10.4. The SMILES string of the molecule is CC(C)OCc1cnc(C(=O)O)o1. The van der Waals surface area contributed by atoms with Gasteiger partial charge >= 0.3 is 11.9 Å². The predicted octanol–water partition coefficient (Wildman–Crippen LogP) is 1.30. The molecule has 0 saturated carbocycles. The normalized spacial score (nSPS) is 10.7. The van der Waals surface area contributed by atoms with Gasteiger partial charge in [0.25, 0.3) is 0 Å². The monoisotopic (exact) mass is 185 g/mol. The number of aromatic carboxylic acids is 1. The van der Waals surface area contributed by atoms with Crippen molar-refractivity contribution in [1.82, 2.24) is 4.98 Å². The minimum Gasteiger partial charge on any atom is -0.474 e. The first kappa shape index (κ1) is 9.73. The van der Waals surface area contributed by atoms with Crippen LogP contribution in [-0.2, 0) is 11.3 Å². The number of hydrogen-bond acceptors (Lipinski definition) is 4. The fourth-order valence-corrected chi connectivity index (χ4v) is 0.722. The van der Waals surface area contributed by atoms with E-state index in [1.807, 2.05) is 13.8 Å². The molecular weight excluding hydrogens is 174 g/mol. The zero-order valence-corrected chi connectivity index (χ0v) is 7.48. The van der Waals surface area contributed by atoms with Crippen LogP contribution in [0.3, 0.4) is 0 Å². The molecule has 1 heterocycles. The van der Waals surface area contributed by atoms with Crippen LogP contribution in [0.2, 0.25) is 0 Å². The van der Waals surface area contributed by atoms with E-state index >= 15 is 0 Å². The van der Waals surface area contributed by atoms with Crippen molar-refractivity contribution < 1.29 is 19.1 Å². The molecule has 5 heteroatoms. The molecule has 1 rings (SSSR count). The summed E-state index contributed by atoms with van der Waals surface area (Å²) in [7, 11) is 0. The van der Waals surface area contributed by atoms with E-state index < -0.39 is 5.97 Å². The van der Waals surface area contributed by atoms with Crippen LogP contribution in [-0.4, -0.2) is 22.2 Å². The summed E-state index contributed by atoms with van der Waals surface area (Å²) in [6.45, 7) is 4.01. The highest BCUT2D eigenvalue weighted by Gasteiger charge is 2.10. The van der Waals surface area contributed by atoms with E-state index in [0.717, 1.165) is 0 Å². The molecule has 0 saturated heterocycles. The fraction of sp³-hybridized carbons (Fsp3) is 0.500. The molecule has 0 fully saturated rings. The molecule has 1 N–H and O–H groups in total. The maximum absolute atomic E-state index is 10.4. The van der Waals surface area contributed by atoms with E-state index in [0.29, 0.717) is 5.76 Å². The molecule has 1 aromatic heterocycles. The third-order valence-electron chi connectivity index (χ3n) is 1.30. The molecule has 0 aromatic carbocycles. The van der Waals surface area contributed by atoms with E-state index in [1.54, 1.807) is 0 Å². The number of carbonyl (C=O) groups is 1. The van der Waals surface area contributed by atoms with Crippen LogP contribution in [0.4, 0.5) is 0 Å². The number of nitrogens with zero attached hydrogens (tertiary/aromatic N) is 1. The maximum Gasteiger partial charge on any atom is 0.392 e. The summed E-state index contributed by atoms with van der Waals surface area (Å²) in [6.07, 6.45) is 1.43. The van der Waals surface area contributed by atoms with Crippen molar-refractivity contribution in [3.05, 3.63) is 17.8 Å². The third kappa shape index (κ3) is 2.87. The third-order valence-corrected chi connectivity index (χ3v) is 1.30. The number of carboxylic acids is 1. The largest absolute Gasteiger partial charge is 0.474 e. The van der Waals surface area contributed by atoms with Crippen LogP contribution in [0.1, 0.15) is 30.3 Å². The van der Waals surface area contributed by atoms with E-state index in [9.17, 15) is 4.79 Å². The molecular formula is C8H11NO4. The minimum atomic E-state index is -1.17. The summed E-state index contributed by atoms with van der Waals surface area (Å²) in [6, 6.07) is 0. The summed E-state index contributed by atoms with van der Waals surface area (Å²) in [5.74, 6) is -1.05. The zero-order chi connectivity index (χ0) is 9.84. The topological polar surface area (TPSA) is 72.6 Å². The second kappa shape index (κ2) is 4.04. The Morgan fingerprint density at radius 2 is 2.46 bits per heavy atom. The van der Waals surface area contributed by atoms with Crippen molar-refractivity contribution >= 4 is 5.97 Å². The highest BCUT2D eigenvalue weighted by Crippen LogP contribution is 2.06. The summed E-state index contributed by atoms with van der Waals surface area (Å²) in [5, 5.41) is 8.48. The first-order valence-electron chi connectivity index (χ1n) is 3.89. The van der Waals surface area contributed by atoms with Gasteiger partial charge in [-0.25, -0.2) is 9.78 Å². The highest BCUT2D eigenvalue weighted by atomic mass is 16.5. The lowest BCUT2D eigenvalue weighted by atomic mass is 10.5. The quantitative estimate of drug-likeness (QED) is 0.765. The Kier molecular flexibility index (Phi) is 3.02. The lowest BCUT2D eigenvalue weighted by Crippen LogP contribution is -2.01. The fourth-order valence-electron chi connectivity index (χ4n) is 0.722. The van der Waals surface area contributed by atoms with Crippen LogP contribution in [0.5, 0.6) is 0 Å². The second-order valence-corrected chi connectivity index (χ2v) is 2.80. The number of ether oxygens (including phenoxy) is 1. The molecule has 0 aliphatic rings. The standard InChI is InChI=1S/C8H11NO4/c1-5(2)12-4-6-3-9-7(13-6)8(10)11/h3,5H,4H2,1-2H3,(H,10,11). The number of hydrogen-bond donors (Lipinski definition) is 1. The predicted molar refractivity (Wildman–Crippen MR) is 43.4 cm³/mol. The zero-order valence-electron chi connectivity index (χ0n) is 7.48. The Morgan fingerprint density at radius 1 is 1.77 bits per heavy atom. The van der Waals surface area contributed by atoms with Crippen molar-refractivity contribution in [2.75, 3.05) is 0 Å². The molecule has 1 aromatic rings. The van der Waals surface area contributed by atoms with Crippen molar-refractivity contribution in [1.29, 1.82) is 0 Å². The smallest absolute Gasteiger partial charge is 0.392 e. The Bertz CT molecular complexity index is 292. The molecule has 0 unspecified atom stereocenters. The van der Waals surface area contributed by atoms with Crippen LogP contribution in [0.15, 0.2) is 10.6 Å². The van der Waals surface area contributed by atoms with Crippen LogP contribution < -0.4 is 0 Å². The van der Waals surface area contributed by atoms with Crippen molar-refractivity contribution in [3.8, 4) is 0 Å². The average molecular weight is 185 g/mol. The van der Waals surface area contributed by atoms with Gasteiger partial charge in [-0.15, -0.1) is 0 Å². The number of rotatable bonds is 4. The van der Waals surface area contributed by atoms with Gasteiger partial charge < -0.3 is 14.3 Å². The summed E-state index contributed by atoms with van der Waals surface area (Å²) < 4.78 is 10.1. The first-order valence-corrected chi connectivity index (χ1v) is 3.89. The molecule has 0 aliphatic carbocycles. The molecule has 72 valence electrons. The van der Waals surface area contributed by atoms with E-state index in [1.165, 1.54) is 6.20 Å². The molecule has 0 amide bonds. The molecule has 0 atom stereocenters. The number of oxazole rings is 1. The van der Waals surface area contributed by atoms with Crippen LogP contribution >= 0.6 is 0 Å². The summed E-state index contributed by atoms with van der Waals surface area (Å²) in [5.41, 5.74) is 0. The van der Waals surface area contributed by atoms with E-state index in [-0.39, 0.29) is 18.6 Å². The van der Waals surface area contributed by atoms with Crippen molar-refractivity contribution in [2.24, 2.45) is 0 Å². The van der Waals surface area contributed by atoms with Gasteiger partial charge in [0.15, 0.2) is 5.76 Å². The van der Waals surface area contributed by atoms with Gasteiger partial charge in [-0.1, -0.05) is 0 Å². The Morgan fingerprint density at radius 3 is 2.92 bits per heavy atom. The average Bonchev–Trinajstić information content (AvgIpc) is 2.48. The van der Waals surface area contributed by atoms with Gasteiger partial charge in [-0.05, 0) is 13.8 Å². The van der Waals surface area contributed by atoms with E-state index in [4.69, 9.17) is 14.3 Å². The molecule has 0 aliphatic heterocycles. The van der Waals surface area contributed by atoms with Crippen LogP contribution in [0.25, 0.3) is 0 Å². The Hall–Kier alpha value is -1.36. The van der Waals surface area contributed by atoms with Gasteiger partial charge in [0.2, 0.25) is 0 Å². The van der Waals surface area contributed by atoms with Crippen LogP contribution in [0, 0.1) is 0 Å². The van der Waals surface area contributed by atoms with Crippen molar-refractivity contribution in [2.45, 2.75) is 26.6 Å². The first-order chi connectivity index (χ1) is 6.09. The molecule has 5 nitrogen and oxygen atoms in total. The number of aromatic nitrogens is 1. The molecule has 13 heavy (non-hydrogen) atoms. The van der Waals surface area contributed by atoms with Gasteiger partial charge in [0.05, 0.1) is 12.3 Å². The Labute approximate surface area is 75.3 Å². The second-order valence-electron chi connectivity index (χ2n) is 2.80.